The predicted octanol–water partition coefficient (Wildman–Crippen LogP) is 2.50. The van der Waals surface area contributed by atoms with Crippen LogP contribution in [-0.4, -0.2) is 13.2 Å². The minimum Gasteiger partial charge on any atom is -0.377 e. The molecule has 0 atom stereocenters. The third-order valence-corrected chi connectivity index (χ3v) is 3.09. The quantitative estimate of drug-likeness (QED) is 0.715. The number of nitrogens with two attached hydrogens (primary N) is 1. The highest BCUT2D eigenvalue weighted by Crippen LogP contribution is 2.32. The zero-order valence-electron chi connectivity index (χ0n) is 9.82. The zero-order chi connectivity index (χ0) is 11.2. The van der Waals surface area contributed by atoms with Crippen molar-refractivity contribution in [2.75, 3.05) is 13.2 Å². The molecule has 0 aromatic heterocycles. The van der Waals surface area contributed by atoms with Crippen LogP contribution in [0.2, 0.25) is 0 Å². The molecule has 1 aliphatic carbocycles. The second kappa shape index (κ2) is 6.02. The van der Waals surface area contributed by atoms with Gasteiger partial charge in [0.25, 0.3) is 0 Å². The van der Waals surface area contributed by atoms with Crippen LogP contribution in [-0.2, 0) is 17.8 Å². The first-order valence-corrected chi connectivity index (χ1v) is 6.24. The first-order valence-electron chi connectivity index (χ1n) is 6.24. The maximum atomic E-state index is 5.65. The van der Waals surface area contributed by atoms with Gasteiger partial charge in [-0.05, 0) is 36.4 Å². The summed E-state index contributed by atoms with van der Waals surface area (Å²) in [5, 5.41) is 0. The average Bonchev–Trinajstić information content (AvgIpc) is 3.11. The van der Waals surface area contributed by atoms with E-state index in [9.17, 15) is 0 Å². The molecule has 0 amide bonds. The van der Waals surface area contributed by atoms with E-state index in [-0.39, 0.29) is 0 Å². The van der Waals surface area contributed by atoms with E-state index >= 15 is 0 Å². The number of rotatable bonds is 7. The first kappa shape index (κ1) is 11.6. The smallest absolute Gasteiger partial charge is 0.0716 e. The van der Waals surface area contributed by atoms with Crippen molar-refractivity contribution in [3.63, 3.8) is 0 Å². The van der Waals surface area contributed by atoms with Gasteiger partial charge in [-0.2, -0.15) is 0 Å². The molecule has 2 heteroatoms. The van der Waals surface area contributed by atoms with Crippen molar-refractivity contribution >= 4 is 0 Å². The fourth-order valence-corrected chi connectivity index (χ4v) is 1.82. The van der Waals surface area contributed by atoms with Crippen LogP contribution in [0.15, 0.2) is 24.3 Å². The summed E-state index contributed by atoms with van der Waals surface area (Å²) in [6.45, 7) is 2.38. The minimum absolute atomic E-state index is 0.719. The fraction of sp³-hybridized carbons (Fsp3) is 0.571. The van der Waals surface area contributed by atoms with E-state index in [4.69, 9.17) is 10.5 Å². The molecule has 88 valence electrons. The molecule has 1 saturated carbocycles. The Bertz CT molecular complexity index is 303. The zero-order valence-corrected chi connectivity index (χ0v) is 9.82. The van der Waals surface area contributed by atoms with Crippen molar-refractivity contribution < 1.29 is 4.74 Å². The van der Waals surface area contributed by atoms with Gasteiger partial charge in [0.05, 0.1) is 6.61 Å². The lowest BCUT2D eigenvalue weighted by Gasteiger charge is -2.05. The van der Waals surface area contributed by atoms with Gasteiger partial charge >= 0.3 is 0 Å². The molecule has 16 heavy (non-hydrogen) atoms. The highest BCUT2D eigenvalue weighted by atomic mass is 16.5. The Morgan fingerprint density at radius 1 is 1.12 bits per heavy atom. The number of benzene rings is 1. The van der Waals surface area contributed by atoms with E-state index in [1.807, 2.05) is 0 Å². The van der Waals surface area contributed by atoms with Gasteiger partial charge in [-0.25, -0.2) is 0 Å². The van der Waals surface area contributed by atoms with Gasteiger partial charge in [-0.1, -0.05) is 37.1 Å². The fourth-order valence-electron chi connectivity index (χ4n) is 1.82. The van der Waals surface area contributed by atoms with Crippen LogP contribution >= 0.6 is 0 Å². The molecule has 0 saturated heterocycles. The summed E-state index contributed by atoms with van der Waals surface area (Å²) in [6, 6.07) is 8.57. The van der Waals surface area contributed by atoms with Crippen molar-refractivity contribution in [3.8, 4) is 0 Å². The maximum absolute atomic E-state index is 5.65. The molecule has 0 radical (unpaired) electrons. The van der Waals surface area contributed by atoms with E-state index in [0.29, 0.717) is 0 Å². The van der Waals surface area contributed by atoms with Gasteiger partial charge in [0.15, 0.2) is 0 Å². The Morgan fingerprint density at radius 2 is 1.81 bits per heavy atom. The number of ether oxygens (including phenoxy) is 1. The molecule has 0 heterocycles. The SMILES string of the molecule is NCCc1ccc(COCCC2CC2)cc1. The summed E-state index contributed by atoms with van der Waals surface area (Å²) < 4.78 is 5.65. The van der Waals surface area contributed by atoms with Crippen molar-refractivity contribution in [3.05, 3.63) is 35.4 Å². The summed E-state index contributed by atoms with van der Waals surface area (Å²) in [5.41, 5.74) is 8.08. The molecule has 1 aliphatic rings. The molecule has 1 fully saturated rings. The van der Waals surface area contributed by atoms with Crippen LogP contribution in [0.25, 0.3) is 0 Å². The van der Waals surface area contributed by atoms with Gasteiger partial charge in [-0.15, -0.1) is 0 Å². The topological polar surface area (TPSA) is 35.2 Å². The van der Waals surface area contributed by atoms with Crippen LogP contribution < -0.4 is 5.73 Å². The Kier molecular flexibility index (Phi) is 4.37. The van der Waals surface area contributed by atoms with Crippen molar-refractivity contribution in [1.82, 2.24) is 0 Å². The van der Waals surface area contributed by atoms with E-state index in [1.54, 1.807) is 0 Å². The Hall–Kier alpha value is -0.860. The van der Waals surface area contributed by atoms with Gasteiger partial charge in [0, 0.05) is 6.61 Å². The lowest BCUT2D eigenvalue weighted by molar-refractivity contribution is 0.115. The molecule has 2 rings (SSSR count). The molecule has 0 unspecified atom stereocenters. The van der Waals surface area contributed by atoms with Crippen molar-refractivity contribution in [1.29, 1.82) is 0 Å². The lowest BCUT2D eigenvalue weighted by Crippen LogP contribution is -2.02. The van der Waals surface area contributed by atoms with E-state index in [1.165, 1.54) is 30.4 Å². The average molecular weight is 219 g/mol. The van der Waals surface area contributed by atoms with Crippen LogP contribution in [0.1, 0.15) is 30.4 Å². The van der Waals surface area contributed by atoms with Crippen LogP contribution in [0.4, 0.5) is 0 Å². The van der Waals surface area contributed by atoms with E-state index in [0.717, 1.165) is 32.1 Å². The first-order chi connectivity index (χ1) is 7.88. The molecule has 1 aromatic carbocycles. The summed E-state index contributed by atoms with van der Waals surface area (Å²) in [7, 11) is 0. The Labute approximate surface area is 97.8 Å². The highest BCUT2D eigenvalue weighted by molar-refractivity contribution is 5.22. The third-order valence-electron chi connectivity index (χ3n) is 3.09. The Morgan fingerprint density at radius 3 is 2.44 bits per heavy atom. The van der Waals surface area contributed by atoms with Gasteiger partial charge in [0.2, 0.25) is 0 Å². The maximum Gasteiger partial charge on any atom is 0.0716 e. The molecule has 0 spiro atoms. The van der Waals surface area contributed by atoms with Gasteiger partial charge in [0.1, 0.15) is 0 Å². The Balaban J connectivity index is 1.67. The highest BCUT2D eigenvalue weighted by Gasteiger charge is 2.20. The van der Waals surface area contributed by atoms with Crippen LogP contribution in [0, 0.1) is 5.92 Å². The largest absolute Gasteiger partial charge is 0.377 e. The number of hydrogen-bond donors (Lipinski definition) is 1. The molecular formula is C14H21NO. The molecule has 2 N–H and O–H groups in total. The van der Waals surface area contributed by atoms with Crippen molar-refractivity contribution in [2.24, 2.45) is 11.7 Å². The van der Waals surface area contributed by atoms with Gasteiger partial charge < -0.3 is 10.5 Å². The standard InChI is InChI=1S/C14H21NO/c15-9-7-12-3-5-14(6-4-12)11-16-10-8-13-1-2-13/h3-6,13H,1-2,7-11,15H2. The molecule has 1 aromatic rings. The second-order valence-electron chi connectivity index (χ2n) is 4.64. The third kappa shape index (κ3) is 3.95. The normalized spacial score (nSPS) is 15.3. The molecule has 0 aliphatic heterocycles. The molecule has 0 bridgehead atoms. The monoisotopic (exact) mass is 219 g/mol. The minimum atomic E-state index is 0.719. The van der Waals surface area contributed by atoms with Crippen LogP contribution in [0.5, 0.6) is 0 Å². The summed E-state index contributed by atoms with van der Waals surface area (Å²) >= 11 is 0. The summed E-state index contributed by atoms with van der Waals surface area (Å²) in [5.74, 6) is 0.965. The van der Waals surface area contributed by atoms with E-state index in [2.05, 4.69) is 24.3 Å². The van der Waals surface area contributed by atoms with Crippen molar-refractivity contribution in [2.45, 2.75) is 32.3 Å². The summed E-state index contributed by atoms with van der Waals surface area (Å²) in [6.07, 6.45) is 5.03. The number of hydrogen-bond acceptors (Lipinski definition) is 2. The van der Waals surface area contributed by atoms with Crippen LogP contribution in [0.3, 0.4) is 0 Å². The second-order valence-corrected chi connectivity index (χ2v) is 4.64. The molecular weight excluding hydrogens is 198 g/mol. The lowest BCUT2D eigenvalue weighted by atomic mass is 10.1. The summed E-state index contributed by atoms with van der Waals surface area (Å²) in [4.78, 5) is 0. The van der Waals surface area contributed by atoms with E-state index < -0.39 is 0 Å². The van der Waals surface area contributed by atoms with Gasteiger partial charge in [-0.3, -0.25) is 0 Å². The predicted molar refractivity (Wildman–Crippen MR) is 66.2 cm³/mol. The molecule has 2 nitrogen and oxygen atoms in total.